The van der Waals surface area contributed by atoms with Gasteiger partial charge in [0.25, 0.3) is 0 Å². The molecule has 4 fully saturated rings. The van der Waals surface area contributed by atoms with E-state index in [0.29, 0.717) is 5.41 Å². The highest BCUT2D eigenvalue weighted by Crippen LogP contribution is 2.94. The molecule has 0 aliphatic heterocycles. The van der Waals surface area contributed by atoms with Crippen molar-refractivity contribution in [3.8, 4) is 44.5 Å². The predicted molar refractivity (Wildman–Crippen MR) is 231 cm³/mol. The van der Waals surface area contributed by atoms with Gasteiger partial charge in [-0.15, -0.1) is 0 Å². The molecule has 1 heteroatoms. The first kappa shape index (κ1) is 31.1. The lowest BCUT2D eigenvalue weighted by Crippen LogP contribution is -2.88. The second-order valence-electron chi connectivity index (χ2n) is 17.2. The third-order valence-electron chi connectivity index (χ3n) is 15.4. The van der Waals surface area contributed by atoms with Crippen LogP contribution in [0.1, 0.15) is 30.4 Å². The first-order valence-corrected chi connectivity index (χ1v) is 20.6. The van der Waals surface area contributed by atoms with Gasteiger partial charge in [0.15, 0.2) is 0 Å². The molecule has 4 saturated carbocycles. The van der Waals surface area contributed by atoms with Gasteiger partial charge < -0.3 is 4.90 Å². The highest BCUT2D eigenvalue weighted by atomic mass is 15.1. The molecule has 5 aliphatic carbocycles. The first-order valence-electron chi connectivity index (χ1n) is 20.6. The number of fused-ring (bicyclic) bond motifs is 8. The molecule has 5 aliphatic rings. The van der Waals surface area contributed by atoms with Crippen molar-refractivity contribution in [3.05, 3.63) is 199 Å². The maximum Gasteiger partial charge on any atom is 0.0540 e. The maximum atomic E-state index is 2.60. The molecule has 56 heavy (non-hydrogen) atoms. The molecule has 13 rings (SSSR count). The minimum atomic E-state index is 0.227. The van der Waals surface area contributed by atoms with E-state index in [0.717, 1.165) is 40.7 Å². The molecular weight excluding hydrogens is 675 g/mol. The second kappa shape index (κ2) is 11.2. The van der Waals surface area contributed by atoms with Crippen molar-refractivity contribution in [1.29, 1.82) is 0 Å². The van der Waals surface area contributed by atoms with Crippen LogP contribution in [0, 0.1) is 29.1 Å². The van der Waals surface area contributed by atoms with Crippen molar-refractivity contribution < 1.29 is 0 Å². The Bertz CT molecular complexity index is 2840. The number of rotatable bonds is 6. The number of anilines is 3. The van der Waals surface area contributed by atoms with Crippen molar-refractivity contribution in [3.63, 3.8) is 0 Å². The monoisotopic (exact) mass is 715 g/mol. The van der Waals surface area contributed by atoms with Crippen molar-refractivity contribution >= 4 is 27.8 Å². The van der Waals surface area contributed by atoms with E-state index in [4.69, 9.17) is 0 Å². The SMILES string of the molecule is c1ccc(-c2cccc3cccc(-c4ccccc4N(c4ccccc4)c4ccc(-c5ccc6c(c5)C5(c7ccccc7-6)C6CC7CC8CC5C786)cc4)c23)cc1. The van der Waals surface area contributed by atoms with Crippen LogP contribution >= 0.6 is 0 Å². The first-order chi connectivity index (χ1) is 27.8. The summed E-state index contributed by atoms with van der Waals surface area (Å²) in [7, 11) is 0. The molecule has 0 bridgehead atoms. The number of hydrogen-bond acceptors (Lipinski definition) is 1. The van der Waals surface area contributed by atoms with E-state index in [1.165, 1.54) is 74.5 Å². The smallest absolute Gasteiger partial charge is 0.0540 e. The summed E-state index contributed by atoms with van der Waals surface area (Å²) in [5, 5.41) is 2.52. The molecule has 1 nitrogen and oxygen atoms in total. The van der Waals surface area contributed by atoms with Crippen LogP contribution in [0.25, 0.3) is 55.3 Å². The zero-order valence-electron chi connectivity index (χ0n) is 31.3. The van der Waals surface area contributed by atoms with Crippen LogP contribution < -0.4 is 4.90 Å². The Labute approximate surface area is 328 Å². The van der Waals surface area contributed by atoms with Crippen molar-refractivity contribution in [2.75, 3.05) is 4.90 Å². The van der Waals surface area contributed by atoms with Crippen LogP contribution in [0.5, 0.6) is 0 Å². The fourth-order valence-corrected chi connectivity index (χ4v) is 13.3. The zero-order valence-corrected chi connectivity index (χ0v) is 31.3. The van der Waals surface area contributed by atoms with E-state index < -0.39 is 0 Å². The van der Waals surface area contributed by atoms with Crippen LogP contribution in [0.3, 0.4) is 0 Å². The van der Waals surface area contributed by atoms with Gasteiger partial charge in [-0.2, -0.15) is 0 Å². The lowest BCUT2D eigenvalue weighted by Gasteiger charge is -2.92. The summed E-state index contributed by atoms with van der Waals surface area (Å²) < 4.78 is 0. The minimum absolute atomic E-state index is 0.227. The van der Waals surface area contributed by atoms with Crippen LogP contribution in [0.4, 0.5) is 17.1 Å². The highest BCUT2D eigenvalue weighted by molar-refractivity contribution is 6.08. The van der Waals surface area contributed by atoms with Gasteiger partial charge in [0.05, 0.1) is 5.69 Å². The number of nitrogens with zero attached hydrogens (tertiary/aromatic N) is 1. The summed E-state index contributed by atoms with van der Waals surface area (Å²) in [6, 6.07) is 70.2. The Kier molecular flexibility index (Phi) is 6.22. The Morgan fingerprint density at radius 1 is 0.393 bits per heavy atom. The standard InChI is InChI=1S/C55H41N/c1-3-13-36(14-4-1)43-21-11-15-37-16-12-22-47(53(37)43)46-20-8-10-24-50(46)56(41-17-5-2-6-18-41)42-28-25-35(26-29-42)38-27-30-45-44-19-7-9-23-48(44)55(49(45)31-38)51-33-39-32-40-34-52(55)54(39,40)51/h1-31,39-40,51-52H,32-34H2. The average molecular weight is 716 g/mol. The Balaban J connectivity index is 0.924. The molecular formula is C55H41N. The number of benzene rings is 8. The summed E-state index contributed by atoms with van der Waals surface area (Å²) in [5.74, 6) is 3.70. The molecule has 4 atom stereocenters. The number of para-hydroxylation sites is 2. The van der Waals surface area contributed by atoms with Crippen molar-refractivity contribution in [2.45, 2.75) is 24.7 Å². The largest absolute Gasteiger partial charge is 0.310 e. The van der Waals surface area contributed by atoms with Crippen LogP contribution in [-0.2, 0) is 5.41 Å². The van der Waals surface area contributed by atoms with E-state index in [1.54, 1.807) is 11.1 Å². The quantitative estimate of drug-likeness (QED) is 0.166. The van der Waals surface area contributed by atoms with E-state index in [-0.39, 0.29) is 5.41 Å². The molecule has 2 spiro atoms. The minimum Gasteiger partial charge on any atom is -0.310 e. The summed E-state index contributed by atoms with van der Waals surface area (Å²) >= 11 is 0. The molecule has 8 aromatic rings. The Morgan fingerprint density at radius 2 is 0.982 bits per heavy atom. The third-order valence-corrected chi connectivity index (χ3v) is 15.4. The van der Waals surface area contributed by atoms with Gasteiger partial charge in [-0.25, -0.2) is 0 Å². The summed E-state index contributed by atoms with van der Waals surface area (Å²) in [5.41, 5.74) is 18.1. The molecule has 8 aromatic carbocycles. The summed E-state index contributed by atoms with van der Waals surface area (Å²) in [4.78, 5) is 2.43. The molecule has 0 saturated heterocycles. The summed E-state index contributed by atoms with van der Waals surface area (Å²) in [6.45, 7) is 0. The molecule has 0 radical (unpaired) electrons. The maximum absolute atomic E-state index is 2.60. The molecule has 266 valence electrons. The molecule has 0 N–H and O–H groups in total. The Morgan fingerprint density at radius 3 is 1.73 bits per heavy atom. The van der Waals surface area contributed by atoms with E-state index in [1.807, 2.05) is 0 Å². The molecule has 4 unspecified atom stereocenters. The average Bonchev–Trinajstić information content (AvgIpc) is 3.54. The van der Waals surface area contributed by atoms with Crippen LogP contribution in [0.15, 0.2) is 188 Å². The van der Waals surface area contributed by atoms with Crippen LogP contribution in [0.2, 0.25) is 0 Å². The van der Waals surface area contributed by atoms with Gasteiger partial charge in [-0.1, -0.05) is 152 Å². The zero-order chi connectivity index (χ0) is 36.6. The van der Waals surface area contributed by atoms with Gasteiger partial charge in [0.2, 0.25) is 0 Å². The van der Waals surface area contributed by atoms with Gasteiger partial charge in [-0.05, 0) is 146 Å². The van der Waals surface area contributed by atoms with Crippen molar-refractivity contribution in [1.82, 2.24) is 0 Å². The lowest BCUT2D eigenvalue weighted by atomic mass is 9.11. The summed E-state index contributed by atoms with van der Waals surface area (Å²) in [6.07, 6.45) is 4.37. The van der Waals surface area contributed by atoms with Gasteiger partial charge in [-0.3, -0.25) is 0 Å². The molecule has 0 heterocycles. The van der Waals surface area contributed by atoms with Crippen LogP contribution in [-0.4, -0.2) is 0 Å². The van der Waals surface area contributed by atoms with Gasteiger partial charge in [0.1, 0.15) is 0 Å². The normalized spacial score (nSPS) is 25.4. The third kappa shape index (κ3) is 3.77. The fraction of sp³-hybridized carbons (Fsp3) is 0.164. The molecule has 0 amide bonds. The predicted octanol–water partition coefficient (Wildman–Crippen LogP) is 14.3. The fourth-order valence-electron chi connectivity index (χ4n) is 13.3. The van der Waals surface area contributed by atoms with Gasteiger partial charge in [0, 0.05) is 22.4 Å². The lowest BCUT2D eigenvalue weighted by molar-refractivity contribution is -0.412. The van der Waals surface area contributed by atoms with E-state index >= 15 is 0 Å². The highest BCUT2D eigenvalue weighted by Gasteiger charge is 2.90. The second-order valence-corrected chi connectivity index (χ2v) is 17.2. The molecule has 0 aromatic heterocycles. The topological polar surface area (TPSA) is 3.24 Å². The Hall–Kier alpha value is -6.18. The number of hydrogen-bond donors (Lipinski definition) is 0. The van der Waals surface area contributed by atoms with Crippen molar-refractivity contribution in [2.24, 2.45) is 29.1 Å². The van der Waals surface area contributed by atoms with E-state index in [9.17, 15) is 0 Å². The van der Waals surface area contributed by atoms with E-state index in [2.05, 4.69) is 193 Å². The van der Waals surface area contributed by atoms with Gasteiger partial charge >= 0.3 is 0 Å².